The molecule has 66 valence electrons. The quantitative estimate of drug-likeness (QED) is 0.846. The van der Waals surface area contributed by atoms with E-state index in [0.29, 0.717) is 11.7 Å². The third-order valence-corrected chi connectivity index (χ3v) is 2.03. The van der Waals surface area contributed by atoms with Crippen LogP contribution in [0.25, 0.3) is 0 Å². The highest BCUT2D eigenvalue weighted by Crippen LogP contribution is 2.18. The molecule has 2 N–H and O–H groups in total. The van der Waals surface area contributed by atoms with Crippen LogP contribution in [0.1, 0.15) is 19.4 Å². The van der Waals surface area contributed by atoms with Crippen molar-refractivity contribution in [3.8, 4) is 0 Å². The Bertz CT molecular complexity index is 271. The molecule has 1 aromatic rings. The first-order chi connectivity index (χ1) is 5.59. The fourth-order valence-electron chi connectivity index (χ4n) is 1.10. The summed E-state index contributed by atoms with van der Waals surface area (Å²) >= 11 is 3.37. The minimum absolute atomic E-state index is 0.614. The van der Waals surface area contributed by atoms with Gasteiger partial charge in [0.25, 0.3) is 0 Å². The van der Waals surface area contributed by atoms with E-state index in [1.165, 1.54) is 0 Å². The van der Waals surface area contributed by atoms with E-state index in [1.54, 1.807) is 6.20 Å². The van der Waals surface area contributed by atoms with Crippen molar-refractivity contribution in [2.45, 2.75) is 20.3 Å². The fourth-order valence-corrected chi connectivity index (χ4v) is 1.47. The van der Waals surface area contributed by atoms with E-state index in [-0.39, 0.29) is 0 Å². The molecule has 12 heavy (non-hydrogen) atoms. The summed E-state index contributed by atoms with van der Waals surface area (Å²) in [6.07, 6.45) is 2.71. The lowest BCUT2D eigenvalue weighted by Gasteiger charge is -2.07. The van der Waals surface area contributed by atoms with E-state index in [0.717, 1.165) is 16.5 Å². The van der Waals surface area contributed by atoms with Gasteiger partial charge in [0.05, 0.1) is 0 Å². The van der Waals surface area contributed by atoms with Gasteiger partial charge in [0, 0.05) is 10.7 Å². The number of pyridine rings is 1. The van der Waals surface area contributed by atoms with Crippen molar-refractivity contribution in [2.24, 2.45) is 5.92 Å². The number of hydrogen-bond acceptors (Lipinski definition) is 2. The van der Waals surface area contributed by atoms with Crippen LogP contribution < -0.4 is 5.73 Å². The van der Waals surface area contributed by atoms with Crippen LogP contribution in [0.4, 0.5) is 5.82 Å². The van der Waals surface area contributed by atoms with Crippen molar-refractivity contribution in [3.05, 3.63) is 22.3 Å². The van der Waals surface area contributed by atoms with E-state index >= 15 is 0 Å². The van der Waals surface area contributed by atoms with Crippen LogP contribution in [-0.4, -0.2) is 4.98 Å². The molecule has 0 spiro atoms. The first-order valence-corrected chi connectivity index (χ1v) is 4.78. The lowest BCUT2D eigenvalue weighted by Crippen LogP contribution is -2.01. The van der Waals surface area contributed by atoms with Gasteiger partial charge in [-0.25, -0.2) is 4.98 Å². The Hall–Kier alpha value is -0.570. The highest BCUT2D eigenvalue weighted by atomic mass is 79.9. The molecule has 0 atom stereocenters. The Labute approximate surface area is 81.3 Å². The van der Waals surface area contributed by atoms with Gasteiger partial charge in [0.2, 0.25) is 0 Å². The SMILES string of the molecule is CC(C)Cc1cc(Br)cnc1N. The van der Waals surface area contributed by atoms with Gasteiger partial charge in [-0.05, 0) is 39.9 Å². The topological polar surface area (TPSA) is 38.9 Å². The molecular weight excluding hydrogens is 216 g/mol. The predicted octanol–water partition coefficient (Wildman–Crippen LogP) is 2.62. The number of nitrogen functional groups attached to an aromatic ring is 1. The Balaban J connectivity index is 2.90. The zero-order valence-electron chi connectivity index (χ0n) is 7.34. The zero-order valence-corrected chi connectivity index (χ0v) is 8.93. The van der Waals surface area contributed by atoms with Crippen LogP contribution in [0.5, 0.6) is 0 Å². The van der Waals surface area contributed by atoms with Gasteiger partial charge >= 0.3 is 0 Å². The van der Waals surface area contributed by atoms with E-state index in [2.05, 4.69) is 34.8 Å². The monoisotopic (exact) mass is 228 g/mol. The van der Waals surface area contributed by atoms with Crippen molar-refractivity contribution in [3.63, 3.8) is 0 Å². The molecule has 0 saturated heterocycles. The largest absolute Gasteiger partial charge is 0.383 e. The van der Waals surface area contributed by atoms with E-state index in [1.807, 2.05) is 6.07 Å². The summed E-state index contributed by atoms with van der Waals surface area (Å²) in [5.74, 6) is 1.26. The number of hydrogen-bond donors (Lipinski definition) is 1. The van der Waals surface area contributed by atoms with Crippen LogP contribution in [0.2, 0.25) is 0 Å². The highest BCUT2D eigenvalue weighted by molar-refractivity contribution is 9.10. The number of nitrogens with two attached hydrogens (primary N) is 1. The summed E-state index contributed by atoms with van der Waals surface area (Å²) in [4.78, 5) is 4.06. The Morgan fingerprint density at radius 2 is 2.25 bits per heavy atom. The van der Waals surface area contributed by atoms with Gasteiger partial charge in [-0.15, -0.1) is 0 Å². The summed E-state index contributed by atoms with van der Waals surface area (Å²) in [7, 11) is 0. The lowest BCUT2D eigenvalue weighted by molar-refractivity contribution is 0.647. The first kappa shape index (κ1) is 9.52. The molecule has 0 fully saturated rings. The molecule has 0 aromatic carbocycles. The molecular formula is C9H13BrN2. The van der Waals surface area contributed by atoms with Gasteiger partial charge < -0.3 is 5.73 Å². The molecule has 1 rings (SSSR count). The van der Waals surface area contributed by atoms with Crippen LogP contribution >= 0.6 is 15.9 Å². The molecule has 0 amide bonds. The number of rotatable bonds is 2. The number of anilines is 1. The maximum absolute atomic E-state index is 5.71. The molecule has 0 aliphatic rings. The number of nitrogens with zero attached hydrogens (tertiary/aromatic N) is 1. The normalized spacial score (nSPS) is 10.7. The van der Waals surface area contributed by atoms with Crippen molar-refractivity contribution in [1.29, 1.82) is 0 Å². The van der Waals surface area contributed by atoms with Gasteiger partial charge in [-0.3, -0.25) is 0 Å². The van der Waals surface area contributed by atoms with Gasteiger partial charge in [-0.2, -0.15) is 0 Å². The summed E-state index contributed by atoms with van der Waals surface area (Å²) in [6, 6.07) is 2.03. The fraction of sp³-hybridized carbons (Fsp3) is 0.444. The number of halogens is 1. The molecule has 0 radical (unpaired) electrons. The Kier molecular flexibility index (Phi) is 3.09. The molecule has 0 aliphatic heterocycles. The Morgan fingerprint density at radius 1 is 1.58 bits per heavy atom. The maximum atomic E-state index is 5.71. The molecule has 0 bridgehead atoms. The van der Waals surface area contributed by atoms with Crippen LogP contribution in [0.3, 0.4) is 0 Å². The molecule has 3 heteroatoms. The summed E-state index contributed by atoms with van der Waals surface area (Å²) < 4.78 is 0.993. The first-order valence-electron chi connectivity index (χ1n) is 3.99. The molecule has 0 saturated carbocycles. The molecule has 0 unspecified atom stereocenters. The lowest BCUT2D eigenvalue weighted by atomic mass is 10.0. The van der Waals surface area contributed by atoms with Gasteiger partial charge in [0.1, 0.15) is 5.82 Å². The predicted molar refractivity (Wildman–Crippen MR) is 54.9 cm³/mol. The van der Waals surface area contributed by atoms with Crippen molar-refractivity contribution >= 4 is 21.7 Å². The molecule has 1 heterocycles. The second-order valence-corrected chi connectivity index (χ2v) is 4.21. The highest BCUT2D eigenvalue weighted by Gasteiger charge is 2.03. The zero-order chi connectivity index (χ0) is 9.14. The maximum Gasteiger partial charge on any atom is 0.126 e. The van der Waals surface area contributed by atoms with Crippen molar-refractivity contribution < 1.29 is 0 Å². The smallest absolute Gasteiger partial charge is 0.126 e. The van der Waals surface area contributed by atoms with Crippen molar-refractivity contribution in [2.75, 3.05) is 5.73 Å². The van der Waals surface area contributed by atoms with E-state index < -0.39 is 0 Å². The third-order valence-electron chi connectivity index (χ3n) is 1.60. The summed E-state index contributed by atoms with van der Waals surface area (Å²) in [5.41, 5.74) is 6.83. The average molecular weight is 229 g/mol. The second-order valence-electron chi connectivity index (χ2n) is 3.30. The average Bonchev–Trinajstić information content (AvgIpc) is 1.96. The molecule has 0 aliphatic carbocycles. The summed E-state index contributed by atoms with van der Waals surface area (Å²) in [5, 5.41) is 0. The van der Waals surface area contributed by atoms with Crippen LogP contribution in [-0.2, 0) is 6.42 Å². The van der Waals surface area contributed by atoms with E-state index in [9.17, 15) is 0 Å². The third kappa shape index (κ3) is 2.48. The van der Waals surface area contributed by atoms with E-state index in [4.69, 9.17) is 5.73 Å². The minimum Gasteiger partial charge on any atom is -0.383 e. The van der Waals surface area contributed by atoms with Gasteiger partial charge in [0.15, 0.2) is 0 Å². The van der Waals surface area contributed by atoms with Gasteiger partial charge in [-0.1, -0.05) is 13.8 Å². The van der Waals surface area contributed by atoms with Crippen LogP contribution in [0, 0.1) is 5.92 Å². The minimum atomic E-state index is 0.614. The Morgan fingerprint density at radius 3 is 2.83 bits per heavy atom. The number of aromatic nitrogens is 1. The standard InChI is InChI=1S/C9H13BrN2/c1-6(2)3-7-4-8(10)5-12-9(7)11/h4-6H,3H2,1-2H3,(H2,11,12). The second kappa shape index (κ2) is 3.90. The molecule has 2 nitrogen and oxygen atoms in total. The van der Waals surface area contributed by atoms with Crippen molar-refractivity contribution in [1.82, 2.24) is 4.98 Å². The summed E-state index contributed by atoms with van der Waals surface area (Å²) in [6.45, 7) is 4.33. The van der Waals surface area contributed by atoms with Crippen LogP contribution in [0.15, 0.2) is 16.7 Å². The molecule has 1 aromatic heterocycles.